The molecule has 0 aliphatic carbocycles. The molecule has 0 fully saturated rings. The highest BCUT2D eigenvalue weighted by molar-refractivity contribution is 7.16. The first kappa shape index (κ1) is 23.7. The Balaban J connectivity index is 2.02. The van der Waals surface area contributed by atoms with Crippen molar-refractivity contribution < 1.29 is 10.2 Å². The second kappa shape index (κ2) is 12.2. The number of hydrogen-bond acceptors (Lipinski definition) is 8. The average Bonchev–Trinajstić information content (AvgIpc) is 3.19. The standard InChI is InChI=1S/C22H31N5O2S/c1-5-8-17(20(28)29)10-12-24-22-25-14-19(30-22)16(6-2)13-18(7-3)27-21-23-11-9-15(4)26-21/h6-7,9,11,13-14,17,20,28-29H,3,5,8,10,12H2,1-2,4H3,(H,24,25)(H,23,26,27)/b16-6+,18-13+/t17-/m1/s1. The number of aliphatic hydroxyl groups excluding tert-OH is 1. The number of nitrogens with zero attached hydrogens (tertiary/aromatic N) is 3. The summed E-state index contributed by atoms with van der Waals surface area (Å²) in [5.41, 5.74) is 2.68. The van der Waals surface area contributed by atoms with Crippen molar-refractivity contribution in [1.29, 1.82) is 0 Å². The van der Waals surface area contributed by atoms with Crippen LogP contribution < -0.4 is 10.6 Å². The monoisotopic (exact) mass is 429 g/mol. The fourth-order valence-electron chi connectivity index (χ4n) is 2.92. The number of nitrogens with one attached hydrogen (secondary N) is 2. The topological polar surface area (TPSA) is 103 Å². The fraction of sp³-hybridized carbons (Fsp3) is 0.409. The third-order valence-corrected chi connectivity index (χ3v) is 5.56. The minimum Gasteiger partial charge on any atom is -0.368 e. The van der Waals surface area contributed by atoms with Crippen molar-refractivity contribution in [3.63, 3.8) is 0 Å². The summed E-state index contributed by atoms with van der Waals surface area (Å²) in [7, 11) is 0. The number of aliphatic hydroxyl groups is 2. The quantitative estimate of drug-likeness (QED) is 0.294. The van der Waals surface area contributed by atoms with E-state index in [-0.39, 0.29) is 5.92 Å². The van der Waals surface area contributed by atoms with E-state index in [1.54, 1.807) is 23.6 Å². The molecule has 2 aromatic rings. The van der Waals surface area contributed by atoms with E-state index in [1.807, 2.05) is 45.2 Å². The summed E-state index contributed by atoms with van der Waals surface area (Å²) in [4.78, 5) is 14.0. The molecule has 0 bridgehead atoms. The van der Waals surface area contributed by atoms with Crippen molar-refractivity contribution in [3.8, 4) is 0 Å². The Morgan fingerprint density at radius 2 is 2.10 bits per heavy atom. The van der Waals surface area contributed by atoms with Crippen LogP contribution in [0.1, 0.15) is 43.7 Å². The first-order valence-corrected chi connectivity index (χ1v) is 10.9. The molecule has 0 radical (unpaired) electrons. The van der Waals surface area contributed by atoms with Gasteiger partial charge in [-0.25, -0.2) is 15.0 Å². The minimum absolute atomic E-state index is 0.124. The van der Waals surface area contributed by atoms with Gasteiger partial charge >= 0.3 is 0 Å². The van der Waals surface area contributed by atoms with Crippen LogP contribution in [0.15, 0.2) is 49.0 Å². The van der Waals surface area contributed by atoms with E-state index in [2.05, 4.69) is 32.2 Å². The normalized spacial score (nSPS) is 13.4. The van der Waals surface area contributed by atoms with E-state index < -0.39 is 6.29 Å². The maximum atomic E-state index is 9.46. The Hall–Kier alpha value is -2.55. The number of aryl methyl sites for hydroxylation is 1. The summed E-state index contributed by atoms with van der Waals surface area (Å²) in [5.74, 6) is 0.400. The smallest absolute Gasteiger partial charge is 0.227 e. The van der Waals surface area contributed by atoms with Gasteiger partial charge in [-0.1, -0.05) is 37.3 Å². The zero-order chi connectivity index (χ0) is 21.9. The van der Waals surface area contributed by atoms with Crippen LogP contribution in [-0.2, 0) is 0 Å². The molecule has 0 saturated heterocycles. The van der Waals surface area contributed by atoms with Crippen LogP contribution >= 0.6 is 11.3 Å². The Morgan fingerprint density at radius 1 is 1.30 bits per heavy atom. The third kappa shape index (κ3) is 7.37. The van der Waals surface area contributed by atoms with Crippen LogP contribution in [0.2, 0.25) is 0 Å². The van der Waals surface area contributed by atoms with Crippen LogP contribution in [-0.4, -0.2) is 38.0 Å². The molecule has 0 unspecified atom stereocenters. The van der Waals surface area contributed by atoms with Gasteiger partial charge in [0.15, 0.2) is 11.4 Å². The van der Waals surface area contributed by atoms with Crippen molar-refractivity contribution in [2.24, 2.45) is 5.92 Å². The van der Waals surface area contributed by atoms with Crippen LogP contribution in [0.5, 0.6) is 0 Å². The van der Waals surface area contributed by atoms with Crippen LogP contribution in [0.3, 0.4) is 0 Å². The van der Waals surface area contributed by atoms with Crippen molar-refractivity contribution in [3.05, 3.63) is 59.5 Å². The Labute approximate surface area is 182 Å². The summed E-state index contributed by atoms with van der Waals surface area (Å²) in [6, 6.07) is 1.84. The molecule has 30 heavy (non-hydrogen) atoms. The SMILES string of the molecule is C=C/C(=C\C(=C/C)c1cnc(NCC[C@@H](CCC)C(O)O)s1)Nc1nccc(C)n1. The van der Waals surface area contributed by atoms with Gasteiger partial charge in [0.2, 0.25) is 5.95 Å². The molecule has 162 valence electrons. The van der Waals surface area contributed by atoms with Crippen LogP contribution in [0.4, 0.5) is 11.1 Å². The maximum Gasteiger partial charge on any atom is 0.227 e. The lowest BCUT2D eigenvalue weighted by atomic mass is 9.99. The zero-order valence-corrected chi connectivity index (χ0v) is 18.6. The minimum atomic E-state index is -1.28. The largest absolute Gasteiger partial charge is 0.368 e. The lowest BCUT2D eigenvalue weighted by molar-refractivity contribution is -0.0871. The number of hydrogen-bond donors (Lipinski definition) is 4. The van der Waals surface area contributed by atoms with Gasteiger partial charge < -0.3 is 20.8 Å². The Kier molecular flexibility index (Phi) is 9.66. The molecule has 0 aliphatic heterocycles. The van der Waals surface area contributed by atoms with E-state index in [0.717, 1.165) is 39.8 Å². The summed E-state index contributed by atoms with van der Waals surface area (Å²) < 4.78 is 0. The van der Waals surface area contributed by atoms with Crippen molar-refractivity contribution in [2.45, 2.75) is 46.3 Å². The summed E-state index contributed by atoms with van der Waals surface area (Å²) in [6.07, 6.45) is 10.4. The van der Waals surface area contributed by atoms with Crippen molar-refractivity contribution >= 4 is 28.0 Å². The molecule has 0 aromatic carbocycles. The number of thiazole rings is 1. The predicted molar refractivity (Wildman–Crippen MR) is 124 cm³/mol. The molecule has 0 aliphatic rings. The molecule has 0 spiro atoms. The predicted octanol–water partition coefficient (Wildman–Crippen LogP) is 4.36. The van der Waals surface area contributed by atoms with Crippen molar-refractivity contribution in [2.75, 3.05) is 17.2 Å². The van der Waals surface area contributed by atoms with Gasteiger partial charge in [0.25, 0.3) is 0 Å². The summed E-state index contributed by atoms with van der Waals surface area (Å²) in [5, 5.41) is 26.2. The molecule has 1 atom stereocenters. The number of aromatic nitrogens is 3. The first-order chi connectivity index (χ1) is 14.5. The second-order valence-electron chi connectivity index (χ2n) is 6.90. The number of allylic oxidation sites excluding steroid dienone is 4. The molecule has 2 heterocycles. The highest BCUT2D eigenvalue weighted by Gasteiger charge is 2.15. The van der Waals surface area contributed by atoms with Crippen LogP contribution in [0, 0.1) is 12.8 Å². The lowest BCUT2D eigenvalue weighted by Crippen LogP contribution is -2.22. The summed E-state index contributed by atoms with van der Waals surface area (Å²) in [6.45, 7) is 10.4. The second-order valence-corrected chi connectivity index (χ2v) is 7.93. The van der Waals surface area contributed by atoms with Gasteiger partial charge in [-0.3, -0.25) is 0 Å². The molecular formula is C22H31N5O2S. The molecule has 0 saturated carbocycles. The van der Waals surface area contributed by atoms with Gasteiger partial charge in [-0.2, -0.15) is 0 Å². The highest BCUT2D eigenvalue weighted by Crippen LogP contribution is 2.27. The van der Waals surface area contributed by atoms with Crippen LogP contribution in [0.25, 0.3) is 5.57 Å². The molecule has 0 amide bonds. The van der Waals surface area contributed by atoms with Gasteiger partial charge in [0, 0.05) is 36.2 Å². The number of anilines is 2. The van der Waals surface area contributed by atoms with Gasteiger partial charge in [-0.05, 0) is 50.5 Å². The molecule has 7 nitrogen and oxygen atoms in total. The highest BCUT2D eigenvalue weighted by atomic mass is 32.1. The molecular weight excluding hydrogens is 398 g/mol. The summed E-state index contributed by atoms with van der Waals surface area (Å²) >= 11 is 1.55. The zero-order valence-electron chi connectivity index (χ0n) is 17.8. The Bertz CT molecular complexity index is 876. The van der Waals surface area contributed by atoms with E-state index in [0.29, 0.717) is 18.9 Å². The lowest BCUT2D eigenvalue weighted by Gasteiger charge is -2.17. The molecule has 4 N–H and O–H groups in total. The molecule has 2 rings (SSSR count). The van der Waals surface area contributed by atoms with Crippen molar-refractivity contribution in [1.82, 2.24) is 15.0 Å². The fourth-order valence-corrected chi connectivity index (χ4v) is 3.80. The van der Waals surface area contributed by atoms with E-state index in [1.165, 1.54) is 0 Å². The molecule has 8 heteroatoms. The van der Waals surface area contributed by atoms with Gasteiger partial charge in [0.1, 0.15) is 0 Å². The first-order valence-electron chi connectivity index (χ1n) is 10.1. The van der Waals surface area contributed by atoms with E-state index >= 15 is 0 Å². The maximum absolute atomic E-state index is 9.46. The van der Waals surface area contributed by atoms with Gasteiger partial charge in [-0.15, -0.1) is 0 Å². The van der Waals surface area contributed by atoms with E-state index in [4.69, 9.17) is 0 Å². The third-order valence-electron chi connectivity index (χ3n) is 4.56. The Morgan fingerprint density at radius 3 is 2.73 bits per heavy atom. The van der Waals surface area contributed by atoms with E-state index in [9.17, 15) is 10.2 Å². The molecule has 2 aromatic heterocycles. The number of rotatable bonds is 12. The average molecular weight is 430 g/mol. The van der Waals surface area contributed by atoms with Gasteiger partial charge in [0.05, 0.1) is 4.88 Å².